The van der Waals surface area contributed by atoms with Gasteiger partial charge in [0.25, 0.3) is 6.43 Å². The van der Waals surface area contributed by atoms with Crippen LogP contribution in [0, 0.1) is 6.92 Å². The lowest BCUT2D eigenvalue weighted by Crippen LogP contribution is -2.02. The summed E-state index contributed by atoms with van der Waals surface area (Å²) in [6.07, 6.45) is -2.25. The molecule has 0 aliphatic rings. The van der Waals surface area contributed by atoms with E-state index in [9.17, 15) is 13.6 Å². The van der Waals surface area contributed by atoms with Gasteiger partial charge in [-0.3, -0.25) is 4.79 Å². The van der Waals surface area contributed by atoms with Gasteiger partial charge in [-0.05, 0) is 24.1 Å². The van der Waals surface area contributed by atoms with Crippen molar-refractivity contribution in [3.05, 3.63) is 28.6 Å². The normalized spacial score (nSPS) is 10.6. The lowest BCUT2D eigenvalue weighted by atomic mass is 10.1. The maximum Gasteiger partial charge on any atom is 0.280 e. The maximum atomic E-state index is 12.4. The number of carbonyl (C=O) groups excluding carboxylic acids is 1. The van der Waals surface area contributed by atoms with Crippen molar-refractivity contribution in [1.29, 1.82) is 0 Å². The van der Waals surface area contributed by atoms with Crippen molar-refractivity contribution in [1.82, 2.24) is 4.98 Å². The van der Waals surface area contributed by atoms with E-state index in [1.54, 1.807) is 0 Å². The lowest BCUT2D eigenvalue weighted by Gasteiger charge is -2.08. The number of alkyl halides is 3. The molecule has 0 saturated heterocycles. The summed E-state index contributed by atoms with van der Waals surface area (Å²) in [6.45, 7) is 1.51. The third-order valence-corrected chi connectivity index (χ3v) is 2.20. The van der Waals surface area contributed by atoms with Gasteiger partial charge in [-0.1, -0.05) is 0 Å². The van der Waals surface area contributed by atoms with Crippen LogP contribution in [-0.2, 0) is 5.88 Å². The number of hydrogen-bond acceptors (Lipinski definition) is 2. The van der Waals surface area contributed by atoms with E-state index in [0.29, 0.717) is 17.4 Å². The maximum absolute atomic E-state index is 12.4. The van der Waals surface area contributed by atoms with E-state index in [4.69, 9.17) is 11.6 Å². The zero-order valence-corrected chi connectivity index (χ0v) is 8.18. The Morgan fingerprint density at radius 1 is 1.64 bits per heavy atom. The van der Waals surface area contributed by atoms with Crippen LogP contribution >= 0.6 is 11.6 Å². The lowest BCUT2D eigenvalue weighted by molar-refractivity contribution is 0.111. The number of carbonyl (C=O) groups is 1. The Balaban J connectivity index is 3.34. The van der Waals surface area contributed by atoms with E-state index in [1.807, 2.05) is 0 Å². The van der Waals surface area contributed by atoms with Crippen molar-refractivity contribution < 1.29 is 13.6 Å². The van der Waals surface area contributed by atoms with Crippen molar-refractivity contribution in [3.63, 3.8) is 0 Å². The fourth-order valence-corrected chi connectivity index (χ4v) is 1.40. The van der Waals surface area contributed by atoms with Gasteiger partial charge in [0.2, 0.25) is 0 Å². The Kier molecular flexibility index (Phi) is 3.52. The summed E-state index contributed by atoms with van der Waals surface area (Å²) in [5, 5.41) is 0. The molecule has 1 aromatic heterocycles. The number of halogens is 3. The second-order valence-corrected chi connectivity index (χ2v) is 3.04. The van der Waals surface area contributed by atoms with Crippen LogP contribution in [0.25, 0.3) is 0 Å². The van der Waals surface area contributed by atoms with Crippen LogP contribution in [0.3, 0.4) is 0 Å². The second-order valence-electron chi connectivity index (χ2n) is 2.77. The van der Waals surface area contributed by atoms with Gasteiger partial charge in [0.15, 0.2) is 6.29 Å². The highest BCUT2D eigenvalue weighted by molar-refractivity contribution is 6.17. The van der Waals surface area contributed by atoms with Gasteiger partial charge < -0.3 is 0 Å². The van der Waals surface area contributed by atoms with Gasteiger partial charge in [0.05, 0.1) is 0 Å². The van der Waals surface area contributed by atoms with Gasteiger partial charge in [0.1, 0.15) is 11.4 Å². The highest BCUT2D eigenvalue weighted by Crippen LogP contribution is 2.24. The quantitative estimate of drug-likeness (QED) is 0.578. The van der Waals surface area contributed by atoms with Crippen LogP contribution in [0.15, 0.2) is 6.07 Å². The predicted molar refractivity (Wildman–Crippen MR) is 48.9 cm³/mol. The van der Waals surface area contributed by atoms with E-state index >= 15 is 0 Å². The van der Waals surface area contributed by atoms with Gasteiger partial charge in [-0.15, -0.1) is 11.6 Å². The Morgan fingerprint density at radius 2 is 2.29 bits per heavy atom. The number of nitrogens with zero attached hydrogens (tertiary/aromatic N) is 1. The number of aromatic nitrogens is 1. The Morgan fingerprint density at radius 3 is 2.71 bits per heavy atom. The summed E-state index contributed by atoms with van der Waals surface area (Å²) in [7, 11) is 0. The molecule has 0 aliphatic heterocycles. The molecule has 1 rings (SSSR count). The Hall–Kier alpha value is -1.03. The SMILES string of the molecule is Cc1c(CCl)cc(C=O)nc1C(F)F. The molecule has 0 spiro atoms. The zero-order valence-electron chi connectivity index (χ0n) is 7.43. The summed E-state index contributed by atoms with van der Waals surface area (Å²) < 4.78 is 24.9. The molecule has 0 aliphatic carbocycles. The molecule has 0 fully saturated rings. The molecule has 0 N–H and O–H groups in total. The van der Waals surface area contributed by atoms with Crippen LogP contribution in [0.4, 0.5) is 8.78 Å². The second kappa shape index (κ2) is 4.46. The molecule has 0 atom stereocenters. The van der Waals surface area contributed by atoms with Crippen molar-refractivity contribution in [3.8, 4) is 0 Å². The largest absolute Gasteiger partial charge is 0.296 e. The summed E-state index contributed by atoms with van der Waals surface area (Å²) in [4.78, 5) is 13.9. The zero-order chi connectivity index (χ0) is 10.7. The average molecular weight is 220 g/mol. The monoisotopic (exact) mass is 219 g/mol. The van der Waals surface area contributed by atoms with E-state index in [-0.39, 0.29) is 17.3 Å². The fourth-order valence-electron chi connectivity index (χ4n) is 1.12. The molecule has 76 valence electrons. The van der Waals surface area contributed by atoms with E-state index in [0.717, 1.165) is 0 Å². The molecule has 0 amide bonds. The van der Waals surface area contributed by atoms with Gasteiger partial charge in [0, 0.05) is 5.88 Å². The molecule has 5 heteroatoms. The Labute approximate surface area is 84.9 Å². The fraction of sp³-hybridized carbons (Fsp3) is 0.333. The van der Waals surface area contributed by atoms with Crippen LogP contribution in [0.5, 0.6) is 0 Å². The summed E-state index contributed by atoms with van der Waals surface area (Å²) in [5.41, 5.74) is 0.478. The van der Waals surface area contributed by atoms with Crippen LogP contribution < -0.4 is 0 Å². The van der Waals surface area contributed by atoms with Crippen LogP contribution in [-0.4, -0.2) is 11.3 Å². The van der Waals surface area contributed by atoms with Gasteiger partial charge in [-0.25, -0.2) is 13.8 Å². The third kappa shape index (κ3) is 2.07. The number of rotatable bonds is 3. The van der Waals surface area contributed by atoms with Crippen molar-refractivity contribution >= 4 is 17.9 Å². The summed E-state index contributed by atoms with van der Waals surface area (Å²) in [5.74, 6) is 0.0922. The van der Waals surface area contributed by atoms with E-state index < -0.39 is 6.43 Å². The minimum Gasteiger partial charge on any atom is -0.296 e. The number of aldehydes is 1. The first-order valence-electron chi connectivity index (χ1n) is 3.89. The highest BCUT2D eigenvalue weighted by atomic mass is 35.5. The smallest absolute Gasteiger partial charge is 0.280 e. The topological polar surface area (TPSA) is 30.0 Å². The highest BCUT2D eigenvalue weighted by Gasteiger charge is 2.16. The van der Waals surface area contributed by atoms with Crippen molar-refractivity contribution in [2.45, 2.75) is 19.2 Å². The molecule has 1 heterocycles. The first-order chi connectivity index (χ1) is 6.60. The molecule has 2 nitrogen and oxygen atoms in total. The molecule has 0 aromatic carbocycles. The molecule has 0 unspecified atom stereocenters. The molecule has 0 bridgehead atoms. The predicted octanol–water partition coefficient (Wildman–Crippen LogP) is 2.88. The summed E-state index contributed by atoms with van der Waals surface area (Å²) >= 11 is 5.55. The number of hydrogen-bond donors (Lipinski definition) is 0. The van der Waals surface area contributed by atoms with E-state index in [1.165, 1.54) is 13.0 Å². The molecular formula is C9H8ClF2NO. The minimum absolute atomic E-state index is 0.0125. The molecule has 1 aromatic rings. The molecule has 0 radical (unpaired) electrons. The third-order valence-electron chi connectivity index (χ3n) is 1.91. The van der Waals surface area contributed by atoms with Crippen LogP contribution in [0.2, 0.25) is 0 Å². The summed E-state index contributed by atoms with van der Waals surface area (Å²) in [6, 6.07) is 1.42. The van der Waals surface area contributed by atoms with Crippen molar-refractivity contribution in [2.75, 3.05) is 0 Å². The average Bonchev–Trinajstić information content (AvgIpc) is 2.17. The standard InChI is InChI=1S/C9H8ClF2NO/c1-5-6(3-10)2-7(4-14)13-8(5)9(11)12/h2,4,9H,3H2,1H3. The number of pyridine rings is 1. The Bertz CT molecular complexity index is 355. The first kappa shape index (κ1) is 11.0. The van der Waals surface area contributed by atoms with Crippen LogP contribution in [0.1, 0.15) is 33.7 Å². The first-order valence-corrected chi connectivity index (χ1v) is 4.43. The van der Waals surface area contributed by atoms with Gasteiger partial charge in [-0.2, -0.15) is 0 Å². The van der Waals surface area contributed by atoms with Gasteiger partial charge >= 0.3 is 0 Å². The molecule has 0 saturated carbocycles. The minimum atomic E-state index is -2.68. The molecular weight excluding hydrogens is 212 g/mol. The van der Waals surface area contributed by atoms with Crippen molar-refractivity contribution in [2.24, 2.45) is 0 Å². The van der Waals surface area contributed by atoms with E-state index in [2.05, 4.69) is 4.98 Å². The molecule has 14 heavy (non-hydrogen) atoms.